The Morgan fingerprint density at radius 2 is 2.28 bits per heavy atom. The number of rotatable bonds is 6. The van der Waals surface area contributed by atoms with E-state index >= 15 is 0 Å². The maximum Gasteiger partial charge on any atom is 0.328 e. The predicted octanol–water partition coefficient (Wildman–Crippen LogP) is 2.52. The third-order valence-corrected chi connectivity index (χ3v) is 3.60. The normalized spacial score (nSPS) is 18.3. The molecule has 18 heavy (non-hydrogen) atoms. The monoisotopic (exact) mass is 251 g/mol. The molecule has 1 fully saturated rings. The van der Waals surface area contributed by atoms with Crippen molar-refractivity contribution in [2.75, 3.05) is 6.54 Å². The first-order valence-corrected chi connectivity index (χ1v) is 6.33. The molecule has 0 amide bonds. The van der Waals surface area contributed by atoms with Gasteiger partial charge in [-0.05, 0) is 49.4 Å². The van der Waals surface area contributed by atoms with Crippen LogP contribution in [0, 0.1) is 11.7 Å². The lowest BCUT2D eigenvalue weighted by molar-refractivity contribution is -0.145. The van der Waals surface area contributed by atoms with Gasteiger partial charge in [-0.15, -0.1) is 0 Å². The Kier molecular flexibility index (Phi) is 3.66. The second kappa shape index (κ2) is 5.06. The molecule has 0 aromatic heterocycles. The first-order chi connectivity index (χ1) is 8.58. The van der Waals surface area contributed by atoms with Gasteiger partial charge in [-0.2, -0.15) is 0 Å². The van der Waals surface area contributed by atoms with Crippen LogP contribution >= 0.6 is 0 Å². The quantitative estimate of drug-likeness (QED) is 0.816. The highest BCUT2D eigenvalue weighted by molar-refractivity contribution is 5.80. The molecular formula is C14H18FNO2. The van der Waals surface area contributed by atoms with Crippen LogP contribution in [0.3, 0.4) is 0 Å². The number of hydrogen-bond donors (Lipinski definition) is 2. The fraction of sp³-hybridized carbons (Fsp3) is 0.500. The molecule has 98 valence electrons. The summed E-state index contributed by atoms with van der Waals surface area (Å²) in [7, 11) is 0. The molecule has 0 aliphatic heterocycles. The summed E-state index contributed by atoms with van der Waals surface area (Å²) in [6.45, 7) is 2.48. The van der Waals surface area contributed by atoms with Crippen LogP contribution in [0.5, 0.6) is 0 Å². The van der Waals surface area contributed by atoms with E-state index < -0.39 is 17.3 Å². The molecule has 0 saturated heterocycles. The molecule has 1 aliphatic rings. The van der Waals surface area contributed by atoms with Gasteiger partial charge in [0.25, 0.3) is 0 Å². The summed E-state index contributed by atoms with van der Waals surface area (Å²) in [6, 6.07) is 5.85. The minimum Gasteiger partial charge on any atom is -0.480 e. The average Bonchev–Trinajstić information content (AvgIpc) is 3.14. The van der Waals surface area contributed by atoms with Crippen LogP contribution in [0.25, 0.3) is 0 Å². The molecule has 4 heteroatoms. The van der Waals surface area contributed by atoms with Crippen molar-refractivity contribution in [3.05, 3.63) is 35.6 Å². The van der Waals surface area contributed by atoms with Crippen molar-refractivity contribution in [3.8, 4) is 0 Å². The summed E-state index contributed by atoms with van der Waals surface area (Å²) in [5.74, 6) is -0.778. The molecule has 0 bridgehead atoms. The fourth-order valence-corrected chi connectivity index (χ4v) is 2.18. The second-order valence-electron chi connectivity index (χ2n) is 4.90. The van der Waals surface area contributed by atoms with Crippen LogP contribution in [0.15, 0.2) is 24.3 Å². The highest BCUT2D eigenvalue weighted by Crippen LogP contribution is 2.31. The number of hydrogen-bond acceptors (Lipinski definition) is 2. The van der Waals surface area contributed by atoms with E-state index in [1.54, 1.807) is 19.1 Å². The molecule has 0 radical (unpaired) electrons. The number of nitrogens with one attached hydrogen (secondary N) is 1. The van der Waals surface area contributed by atoms with Crippen molar-refractivity contribution in [1.29, 1.82) is 0 Å². The third kappa shape index (κ3) is 2.53. The second-order valence-corrected chi connectivity index (χ2v) is 4.90. The van der Waals surface area contributed by atoms with Gasteiger partial charge in [-0.25, -0.2) is 9.18 Å². The molecule has 2 N–H and O–H groups in total. The summed E-state index contributed by atoms with van der Waals surface area (Å²) >= 11 is 0. The first-order valence-electron chi connectivity index (χ1n) is 6.33. The number of carbonyl (C=O) groups is 1. The van der Waals surface area contributed by atoms with E-state index in [9.17, 15) is 14.3 Å². The molecule has 3 nitrogen and oxygen atoms in total. The molecular weight excluding hydrogens is 233 g/mol. The summed E-state index contributed by atoms with van der Waals surface area (Å²) in [4.78, 5) is 11.6. The molecule has 0 heterocycles. The number of carboxylic acid groups (broad SMARTS) is 1. The van der Waals surface area contributed by atoms with Gasteiger partial charge < -0.3 is 5.11 Å². The number of benzene rings is 1. The molecule has 1 aliphatic carbocycles. The maximum absolute atomic E-state index is 13.3. The minimum absolute atomic E-state index is 0.387. The van der Waals surface area contributed by atoms with E-state index in [2.05, 4.69) is 5.32 Å². The lowest BCUT2D eigenvalue weighted by atomic mass is 9.87. The fourth-order valence-electron chi connectivity index (χ4n) is 2.18. The highest BCUT2D eigenvalue weighted by Gasteiger charge is 2.39. The van der Waals surface area contributed by atoms with Crippen LogP contribution in [0.4, 0.5) is 4.39 Å². The Bertz CT molecular complexity index is 445. The van der Waals surface area contributed by atoms with Crippen molar-refractivity contribution < 1.29 is 14.3 Å². The summed E-state index contributed by atoms with van der Waals surface area (Å²) in [5.41, 5.74) is -0.692. The predicted molar refractivity (Wildman–Crippen MR) is 66.7 cm³/mol. The molecule has 1 saturated carbocycles. The van der Waals surface area contributed by atoms with E-state index in [1.165, 1.54) is 12.1 Å². The largest absolute Gasteiger partial charge is 0.480 e. The SMILES string of the molecule is CCC(NCC1CC1)(C(=O)O)c1cccc(F)c1. The van der Waals surface area contributed by atoms with Gasteiger partial charge in [0.15, 0.2) is 0 Å². The Morgan fingerprint density at radius 3 is 2.78 bits per heavy atom. The van der Waals surface area contributed by atoms with Gasteiger partial charge in [-0.3, -0.25) is 5.32 Å². The van der Waals surface area contributed by atoms with E-state index in [0.29, 0.717) is 24.4 Å². The standard InChI is InChI=1S/C14H18FNO2/c1-2-14(13(17)18,16-9-10-6-7-10)11-4-3-5-12(15)8-11/h3-5,8,10,16H,2,6-7,9H2,1H3,(H,17,18). The van der Waals surface area contributed by atoms with Crippen LogP contribution in [-0.2, 0) is 10.3 Å². The molecule has 1 unspecified atom stereocenters. The van der Waals surface area contributed by atoms with Crippen molar-refractivity contribution in [1.82, 2.24) is 5.32 Å². The van der Waals surface area contributed by atoms with Crippen molar-refractivity contribution >= 4 is 5.97 Å². The van der Waals surface area contributed by atoms with Gasteiger partial charge >= 0.3 is 5.97 Å². The van der Waals surface area contributed by atoms with Crippen LogP contribution in [0.2, 0.25) is 0 Å². The zero-order valence-corrected chi connectivity index (χ0v) is 10.4. The average molecular weight is 251 g/mol. The van der Waals surface area contributed by atoms with Crippen LogP contribution < -0.4 is 5.32 Å². The minimum atomic E-state index is -1.18. The number of halogens is 1. The Labute approximate surface area is 106 Å². The van der Waals surface area contributed by atoms with Crippen LogP contribution in [-0.4, -0.2) is 17.6 Å². The Balaban J connectivity index is 2.29. The van der Waals surface area contributed by atoms with E-state index in [-0.39, 0.29) is 0 Å². The van der Waals surface area contributed by atoms with E-state index in [0.717, 1.165) is 12.8 Å². The van der Waals surface area contributed by atoms with Gasteiger partial charge in [0.1, 0.15) is 11.4 Å². The van der Waals surface area contributed by atoms with Gasteiger partial charge in [0, 0.05) is 0 Å². The zero-order valence-electron chi connectivity index (χ0n) is 10.4. The van der Waals surface area contributed by atoms with E-state index in [4.69, 9.17) is 0 Å². The van der Waals surface area contributed by atoms with Crippen molar-refractivity contribution in [2.45, 2.75) is 31.7 Å². The van der Waals surface area contributed by atoms with Gasteiger partial charge in [0.2, 0.25) is 0 Å². The molecule has 1 atom stereocenters. The molecule has 0 spiro atoms. The third-order valence-electron chi connectivity index (χ3n) is 3.60. The summed E-state index contributed by atoms with van der Waals surface area (Å²) in [6.07, 6.45) is 2.68. The first kappa shape index (κ1) is 13.0. The Morgan fingerprint density at radius 1 is 1.56 bits per heavy atom. The molecule has 1 aromatic rings. The highest BCUT2D eigenvalue weighted by atomic mass is 19.1. The zero-order chi connectivity index (χ0) is 13.2. The van der Waals surface area contributed by atoms with E-state index in [1.807, 2.05) is 0 Å². The van der Waals surface area contributed by atoms with Crippen LogP contribution in [0.1, 0.15) is 31.7 Å². The van der Waals surface area contributed by atoms with Gasteiger partial charge in [-0.1, -0.05) is 19.1 Å². The smallest absolute Gasteiger partial charge is 0.328 e. The number of carboxylic acids is 1. The van der Waals surface area contributed by atoms with Gasteiger partial charge in [0.05, 0.1) is 0 Å². The molecule has 2 rings (SSSR count). The maximum atomic E-state index is 13.3. The molecule has 1 aromatic carbocycles. The topological polar surface area (TPSA) is 49.3 Å². The lowest BCUT2D eigenvalue weighted by Crippen LogP contribution is -2.49. The van der Waals surface area contributed by atoms with Crippen molar-refractivity contribution in [3.63, 3.8) is 0 Å². The number of aliphatic carboxylic acids is 1. The van der Waals surface area contributed by atoms with Crippen molar-refractivity contribution in [2.24, 2.45) is 5.92 Å². The summed E-state index contributed by atoms with van der Waals surface area (Å²) < 4.78 is 13.3. The lowest BCUT2D eigenvalue weighted by Gasteiger charge is -2.30. The Hall–Kier alpha value is -1.42. The summed E-state index contributed by atoms with van der Waals surface area (Å²) in [5, 5.41) is 12.6.